The molecule has 0 saturated carbocycles. The first kappa shape index (κ1) is 15.7. The zero-order valence-electron chi connectivity index (χ0n) is 10.5. The number of aliphatic imine (C=N–C) groups is 1. The molecule has 1 aliphatic heterocycles. The number of aromatic amines is 1. The van der Waals surface area contributed by atoms with E-state index < -0.39 is 17.9 Å². The summed E-state index contributed by atoms with van der Waals surface area (Å²) in [7, 11) is 0. The number of H-pyrrole nitrogens is 1. The van der Waals surface area contributed by atoms with E-state index in [1.54, 1.807) is 6.07 Å². The van der Waals surface area contributed by atoms with Gasteiger partial charge in [-0.1, -0.05) is 0 Å². The monoisotopic (exact) mass is 419 g/mol. The van der Waals surface area contributed by atoms with Gasteiger partial charge in [0.15, 0.2) is 0 Å². The standard InChI is InChI=1S/C11H11Br2N5O3/c12-5-2-7(16-8(5)13)9(20)15-3-4(19)1-6-10(21)18-11(14)17-6/h1-2,4,16,19H,3H2,(H,15,20)(H3,14,17,18,21)/b6-1-. The number of aliphatic hydroxyl groups excluding tert-OH is 1. The Labute approximate surface area is 136 Å². The van der Waals surface area contributed by atoms with E-state index in [-0.39, 0.29) is 18.2 Å². The quantitative estimate of drug-likeness (QED) is 0.437. The van der Waals surface area contributed by atoms with E-state index >= 15 is 0 Å². The summed E-state index contributed by atoms with van der Waals surface area (Å²) in [5.41, 5.74) is 5.66. The first-order valence-electron chi connectivity index (χ1n) is 5.74. The highest BCUT2D eigenvalue weighted by Gasteiger charge is 2.19. The summed E-state index contributed by atoms with van der Waals surface area (Å²) in [4.78, 5) is 29.7. The van der Waals surface area contributed by atoms with Crippen LogP contribution in [0.3, 0.4) is 0 Å². The van der Waals surface area contributed by atoms with E-state index in [0.717, 1.165) is 0 Å². The Bertz CT molecular complexity index is 633. The zero-order chi connectivity index (χ0) is 15.6. The zero-order valence-corrected chi connectivity index (χ0v) is 13.7. The van der Waals surface area contributed by atoms with Gasteiger partial charge in [0, 0.05) is 6.54 Å². The minimum Gasteiger partial charge on any atom is -0.387 e. The normalized spacial score (nSPS) is 17.6. The van der Waals surface area contributed by atoms with E-state index in [0.29, 0.717) is 14.8 Å². The van der Waals surface area contributed by atoms with Crippen LogP contribution in [0.5, 0.6) is 0 Å². The Morgan fingerprint density at radius 3 is 2.81 bits per heavy atom. The van der Waals surface area contributed by atoms with Crippen LogP contribution in [0.4, 0.5) is 0 Å². The molecule has 0 radical (unpaired) electrons. The first-order valence-corrected chi connectivity index (χ1v) is 7.33. The van der Waals surface area contributed by atoms with E-state index in [1.807, 2.05) is 0 Å². The maximum absolute atomic E-state index is 11.8. The van der Waals surface area contributed by atoms with E-state index in [1.165, 1.54) is 6.08 Å². The Balaban J connectivity index is 1.92. The number of nitrogens with one attached hydrogen (secondary N) is 3. The van der Waals surface area contributed by atoms with Crippen molar-refractivity contribution in [1.29, 1.82) is 0 Å². The molecule has 0 aliphatic carbocycles. The number of guanidine groups is 1. The third-order valence-corrected chi connectivity index (χ3v) is 4.29. The van der Waals surface area contributed by atoms with Crippen molar-refractivity contribution in [2.45, 2.75) is 6.10 Å². The second-order valence-electron chi connectivity index (χ2n) is 4.13. The molecule has 0 bridgehead atoms. The summed E-state index contributed by atoms with van der Waals surface area (Å²) in [5.74, 6) is -0.906. The molecule has 0 aromatic carbocycles. The molecule has 1 aliphatic rings. The third-order valence-electron chi connectivity index (χ3n) is 2.51. The summed E-state index contributed by atoms with van der Waals surface area (Å²) in [6.07, 6.45) is 0.155. The Morgan fingerprint density at radius 2 is 2.29 bits per heavy atom. The molecule has 2 amide bonds. The smallest absolute Gasteiger partial charge is 0.276 e. The minimum absolute atomic E-state index is 0.0135. The van der Waals surface area contributed by atoms with Gasteiger partial charge in [0.05, 0.1) is 15.2 Å². The molecule has 0 saturated heterocycles. The van der Waals surface area contributed by atoms with Crippen LogP contribution in [0.15, 0.2) is 31.9 Å². The van der Waals surface area contributed by atoms with Gasteiger partial charge in [-0.3, -0.25) is 14.9 Å². The highest BCUT2D eigenvalue weighted by atomic mass is 79.9. The Morgan fingerprint density at radius 1 is 1.57 bits per heavy atom. The Hall–Kier alpha value is -1.65. The van der Waals surface area contributed by atoms with E-state index in [2.05, 4.69) is 52.5 Å². The summed E-state index contributed by atoms with van der Waals surface area (Å²) in [5, 5.41) is 14.6. The number of nitrogens with zero attached hydrogens (tertiary/aromatic N) is 1. The second kappa shape index (κ2) is 6.41. The van der Waals surface area contributed by atoms with Crippen molar-refractivity contribution in [3.63, 3.8) is 0 Å². The lowest BCUT2D eigenvalue weighted by Crippen LogP contribution is -2.32. The van der Waals surface area contributed by atoms with Gasteiger partial charge in [-0.2, -0.15) is 0 Å². The van der Waals surface area contributed by atoms with E-state index in [4.69, 9.17) is 5.73 Å². The first-order chi connectivity index (χ1) is 9.86. The summed E-state index contributed by atoms with van der Waals surface area (Å²) < 4.78 is 1.35. The van der Waals surface area contributed by atoms with Crippen molar-refractivity contribution in [2.24, 2.45) is 10.7 Å². The van der Waals surface area contributed by atoms with Gasteiger partial charge in [0.1, 0.15) is 11.4 Å². The fourth-order valence-corrected chi connectivity index (χ4v) is 2.22. The lowest BCUT2D eigenvalue weighted by Gasteiger charge is -2.07. The maximum atomic E-state index is 11.8. The Kier molecular flexibility index (Phi) is 4.80. The molecule has 2 heterocycles. The van der Waals surface area contributed by atoms with Gasteiger partial charge in [0.2, 0.25) is 5.96 Å². The number of aromatic nitrogens is 1. The van der Waals surface area contributed by atoms with Crippen LogP contribution in [0.1, 0.15) is 10.5 Å². The van der Waals surface area contributed by atoms with Gasteiger partial charge >= 0.3 is 0 Å². The molecule has 1 unspecified atom stereocenters. The largest absolute Gasteiger partial charge is 0.387 e. The van der Waals surface area contributed by atoms with Crippen LogP contribution in [0, 0.1) is 0 Å². The third kappa shape index (κ3) is 3.93. The average Bonchev–Trinajstić information content (AvgIpc) is 2.90. The molecule has 1 aromatic rings. The summed E-state index contributed by atoms with van der Waals surface area (Å²) >= 11 is 6.47. The van der Waals surface area contributed by atoms with Crippen molar-refractivity contribution in [3.05, 3.63) is 32.6 Å². The average molecular weight is 421 g/mol. The van der Waals surface area contributed by atoms with Crippen LogP contribution >= 0.6 is 31.9 Å². The summed E-state index contributed by atoms with van der Waals surface area (Å²) in [6.45, 7) is -0.0701. The van der Waals surface area contributed by atoms with Gasteiger partial charge < -0.3 is 21.1 Å². The van der Waals surface area contributed by atoms with Crippen molar-refractivity contribution in [3.8, 4) is 0 Å². The number of nitrogens with two attached hydrogens (primary N) is 1. The SMILES string of the molecule is NC1=N/C(=C\C(O)CNC(=O)c2cc(Br)c(Br)[nH]2)C(=O)N1. The molecule has 1 atom stereocenters. The molecular formula is C11H11Br2N5O3. The second-order valence-corrected chi connectivity index (χ2v) is 5.77. The van der Waals surface area contributed by atoms with Gasteiger partial charge in [-0.25, -0.2) is 4.99 Å². The lowest BCUT2D eigenvalue weighted by molar-refractivity contribution is -0.115. The van der Waals surface area contributed by atoms with Gasteiger partial charge in [0.25, 0.3) is 11.8 Å². The highest BCUT2D eigenvalue weighted by Crippen LogP contribution is 2.22. The number of aliphatic hydroxyl groups is 1. The number of hydrogen-bond acceptors (Lipinski definition) is 5. The predicted octanol–water partition coefficient (Wildman–Crippen LogP) is -0.0412. The number of rotatable bonds is 4. The fraction of sp³-hybridized carbons (Fsp3) is 0.182. The molecule has 10 heteroatoms. The van der Waals surface area contributed by atoms with Crippen LogP contribution in [0.2, 0.25) is 0 Å². The molecule has 0 fully saturated rings. The molecule has 0 spiro atoms. The predicted molar refractivity (Wildman–Crippen MR) is 82.4 cm³/mol. The van der Waals surface area contributed by atoms with Crippen molar-refractivity contribution in [2.75, 3.05) is 6.54 Å². The number of halogens is 2. The van der Waals surface area contributed by atoms with E-state index in [9.17, 15) is 14.7 Å². The van der Waals surface area contributed by atoms with Crippen LogP contribution in [-0.2, 0) is 4.79 Å². The van der Waals surface area contributed by atoms with Gasteiger partial charge in [-0.15, -0.1) is 0 Å². The fourth-order valence-electron chi connectivity index (χ4n) is 1.56. The van der Waals surface area contributed by atoms with Crippen molar-refractivity contribution >= 4 is 49.6 Å². The van der Waals surface area contributed by atoms with Crippen LogP contribution in [0.25, 0.3) is 0 Å². The number of hydrogen-bond donors (Lipinski definition) is 5. The van der Waals surface area contributed by atoms with Crippen molar-refractivity contribution < 1.29 is 14.7 Å². The molecule has 112 valence electrons. The highest BCUT2D eigenvalue weighted by molar-refractivity contribution is 9.13. The van der Waals surface area contributed by atoms with Crippen molar-refractivity contribution in [1.82, 2.24) is 15.6 Å². The van der Waals surface area contributed by atoms with Crippen LogP contribution < -0.4 is 16.4 Å². The molecular weight excluding hydrogens is 410 g/mol. The number of carbonyl (C=O) groups excluding carboxylic acids is 2. The molecule has 1 aromatic heterocycles. The van der Waals surface area contributed by atoms with Crippen LogP contribution in [-0.4, -0.2) is 40.5 Å². The molecule has 8 nitrogen and oxygen atoms in total. The van der Waals surface area contributed by atoms with Gasteiger partial charge in [-0.05, 0) is 44.0 Å². The minimum atomic E-state index is -1.06. The summed E-state index contributed by atoms with van der Waals surface area (Å²) in [6, 6.07) is 1.60. The lowest BCUT2D eigenvalue weighted by atomic mass is 10.2. The topological polar surface area (TPSA) is 133 Å². The number of carbonyl (C=O) groups is 2. The molecule has 6 N–H and O–H groups in total. The molecule has 2 rings (SSSR count). The maximum Gasteiger partial charge on any atom is 0.276 e. The number of amides is 2. The molecule has 21 heavy (non-hydrogen) atoms.